The summed E-state index contributed by atoms with van der Waals surface area (Å²) in [4.78, 5) is 19.7. The van der Waals surface area contributed by atoms with Crippen LogP contribution in [0.15, 0.2) is 60.1 Å². The van der Waals surface area contributed by atoms with E-state index in [1.54, 1.807) is 13.3 Å². The highest BCUT2D eigenvalue weighted by atomic mass is 32.1. The van der Waals surface area contributed by atoms with Crippen LogP contribution in [-0.4, -0.2) is 23.0 Å². The summed E-state index contributed by atoms with van der Waals surface area (Å²) in [5, 5.41) is 6.16. The second-order valence-corrected chi connectivity index (χ2v) is 6.34. The predicted molar refractivity (Wildman–Crippen MR) is 100 cm³/mol. The van der Waals surface area contributed by atoms with Crippen LogP contribution in [0.3, 0.4) is 0 Å². The molecule has 0 atom stereocenters. The maximum absolute atomic E-state index is 12.5. The zero-order chi connectivity index (χ0) is 17.2. The van der Waals surface area contributed by atoms with E-state index < -0.39 is 0 Å². The van der Waals surface area contributed by atoms with Gasteiger partial charge in [-0.15, -0.1) is 11.3 Å². The van der Waals surface area contributed by atoms with Crippen molar-refractivity contribution in [1.29, 1.82) is 0 Å². The number of carbonyl (C=O) groups is 1. The van der Waals surface area contributed by atoms with Gasteiger partial charge in [-0.1, -0.05) is 30.3 Å². The van der Waals surface area contributed by atoms with E-state index in [9.17, 15) is 4.79 Å². The standard InChI is InChI=1S/C19H15N3O2S/c1-24-17-8-3-2-5-13(17)12-6-4-7-15-14(12)11-16(21-15)18(23)22-19-20-9-10-25-19/h2-11,21H,1H3,(H,20,22,23). The molecule has 0 saturated carbocycles. The number of fused-ring (bicyclic) bond motifs is 1. The minimum absolute atomic E-state index is 0.211. The number of benzene rings is 2. The van der Waals surface area contributed by atoms with Crippen molar-refractivity contribution in [3.63, 3.8) is 0 Å². The van der Waals surface area contributed by atoms with Crippen molar-refractivity contribution in [2.45, 2.75) is 0 Å². The highest BCUT2D eigenvalue weighted by molar-refractivity contribution is 7.13. The second-order valence-electron chi connectivity index (χ2n) is 5.44. The number of thiazole rings is 1. The number of rotatable bonds is 4. The Morgan fingerprint density at radius 1 is 1.16 bits per heavy atom. The van der Waals surface area contributed by atoms with Crippen LogP contribution < -0.4 is 10.1 Å². The highest BCUT2D eigenvalue weighted by Crippen LogP contribution is 2.35. The minimum Gasteiger partial charge on any atom is -0.496 e. The predicted octanol–water partition coefficient (Wildman–Crippen LogP) is 4.55. The zero-order valence-electron chi connectivity index (χ0n) is 13.4. The lowest BCUT2D eigenvalue weighted by Gasteiger charge is -2.09. The molecule has 0 aliphatic carbocycles. The van der Waals surface area contributed by atoms with Gasteiger partial charge in [0, 0.05) is 28.0 Å². The molecule has 0 fully saturated rings. The van der Waals surface area contributed by atoms with Gasteiger partial charge in [-0.25, -0.2) is 4.98 Å². The number of aromatic nitrogens is 2. The normalized spacial score (nSPS) is 10.8. The number of nitrogens with zero attached hydrogens (tertiary/aromatic N) is 1. The van der Waals surface area contributed by atoms with E-state index in [0.29, 0.717) is 10.8 Å². The van der Waals surface area contributed by atoms with E-state index in [1.165, 1.54) is 11.3 Å². The molecule has 0 aliphatic rings. The first kappa shape index (κ1) is 15.4. The van der Waals surface area contributed by atoms with Crippen molar-refractivity contribution >= 4 is 33.3 Å². The summed E-state index contributed by atoms with van der Waals surface area (Å²) in [6.07, 6.45) is 1.66. The van der Waals surface area contributed by atoms with E-state index in [4.69, 9.17) is 4.74 Å². The van der Waals surface area contributed by atoms with Crippen LogP contribution in [0.2, 0.25) is 0 Å². The first-order valence-corrected chi connectivity index (χ1v) is 8.60. The number of nitrogens with one attached hydrogen (secondary N) is 2. The molecule has 6 heteroatoms. The average Bonchev–Trinajstić information content (AvgIpc) is 3.30. The molecule has 25 heavy (non-hydrogen) atoms. The number of para-hydroxylation sites is 1. The van der Waals surface area contributed by atoms with E-state index >= 15 is 0 Å². The summed E-state index contributed by atoms with van der Waals surface area (Å²) in [5.41, 5.74) is 3.39. The Morgan fingerprint density at radius 3 is 2.80 bits per heavy atom. The number of hydrogen-bond acceptors (Lipinski definition) is 4. The van der Waals surface area contributed by atoms with Crippen molar-refractivity contribution in [3.8, 4) is 16.9 Å². The molecule has 0 aliphatic heterocycles. The maximum Gasteiger partial charge on any atom is 0.273 e. The zero-order valence-corrected chi connectivity index (χ0v) is 14.3. The number of amides is 1. The molecule has 4 aromatic rings. The number of ether oxygens (including phenoxy) is 1. The first-order valence-electron chi connectivity index (χ1n) is 7.72. The van der Waals surface area contributed by atoms with Gasteiger partial charge in [0.1, 0.15) is 11.4 Å². The summed E-state index contributed by atoms with van der Waals surface area (Å²) in [6.45, 7) is 0. The molecule has 5 nitrogen and oxygen atoms in total. The fourth-order valence-electron chi connectivity index (χ4n) is 2.83. The Morgan fingerprint density at radius 2 is 2.00 bits per heavy atom. The SMILES string of the molecule is COc1ccccc1-c1cccc2[nH]c(C(=O)Nc3nccs3)cc12. The third-order valence-corrected chi connectivity index (χ3v) is 4.65. The van der Waals surface area contributed by atoms with Gasteiger partial charge >= 0.3 is 0 Å². The number of H-pyrrole nitrogens is 1. The average molecular weight is 349 g/mol. The van der Waals surface area contributed by atoms with Gasteiger partial charge in [0.05, 0.1) is 7.11 Å². The third kappa shape index (κ3) is 2.88. The van der Waals surface area contributed by atoms with Gasteiger partial charge in [-0.2, -0.15) is 0 Å². The van der Waals surface area contributed by atoms with Crippen LogP contribution in [0, 0.1) is 0 Å². The Kier molecular flexibility index (Phi) is 3.95. The molecule has 1 amide bonds. The van der Waals surface area contributed by atoms with Crippen LogP contribution in [0.25, 0.3) is 22.0 Å². The van der Waals surface area contributed by atoms with E-state index in [1.807, 2.05) is 53.9 Å². The van der Waals surface area contributed by atoms with Crippen molar-refractivity contribution in [3.05, 3.63) is 65.8 Å². The van der Waals surface area contributed by atoms with Gasteiger partial charge in [0.2, 0.25) is 0 Å². The molecule has 0 unspecified atom stereocenters. The number of carbonyl (C=O) groups excluding carboxylic acids is 1. The summed E-state index contributed by atoms with van der Waals surface area (Å²) < 4.78 is 5.48. The molecule has 0 saturated heterocycles. The van der Waals surface area contributed by atoms with Gasteiger partial charge < -0.3 is 9.72 Å². The monoisotopic (exact) mass is 349 g/mol. The highest BCUT2D eigenvalue weighted by Gasteiger charge is 2.15. The molecular formula is C19H15N3O2S. The van der Waals surface area contributed by atoms with Crippen LogP contribution >= 0.6 is 11.3 Å². The summed E-state index contributed by atoms with van der Waals surface area (Å²) >= 11 is 1.38. The smallest absolute Gasteiger partial charge is 0.273 e. The summed E-state index contributed by atoms with van der Waals surface area (Å²) in [5.74, 6) is 0.585. The van der Waals surface area contributed by atoms with Crippen molar-refractivity contribution in [2.75, 3.05) is 12.4 Å². The quantitative estimate of drug-likeness (QED) is 0.568. The van der Waals surface area contributed by atoms with Gasteiger partial charge in [-0.05, 0) is 23.8 Å². The van der Waals surface area contributed by atoms with Crippen LogP contribution in [-0.2, 0) is 0 Å². The topological polar surface area (TPSA) is 67.0 Å². The van der Waals surface area contributed by atoms with E-state index in [-0.39, 0.29) is 5.91 Å². The molecule has 4 rings (SSSR count). The largest absolute Gasteiger partial charge is 0.496 e. The molecular weight excluding hydrogens is 334 g/mol. The number of methoxy groups -OCH3 is 1. The fraction of sp³-hybridized carbons (Fsp3) is 0.0526. The summed E-state index contributed by atoms with van der Waals surface area (Å²) in [6, 6.07) is 15.6. The molecule has 2 N–H and O–H groups in total. The van der Waals surface area contributed by atoms with Crippen molar-refractivity contribution in [1.82, 2.24) is 9.97 Å². The summed E-state index contributed by atoms with van der Waals surface area (Å²) in [7, 11) is 1.66. The van der Waals surface area contributed by atoms with E-state index in [2.05, 4.69) is 15.3 Å². The van der Waals surface area contributed by atoms with Crippen LogP contribution in [0.1, 0.15) is 10.5 Å². The lowest BCUT2D eigenvalue weighted by Crippen LogP contribution is -2.11. The molecule has 2 aromatic heterocycles. The Labute approximate surface area is 148 Å². The minimum atomic E-state index is -0.211. The van der Waals surface area contributed by atoms with Crippen LogP contribution in [0.5, 0.6) is 5.75 Å². The van der Waals surface area contributed by atoms with E-state index in [0.717, 1.165) is 27.8 Å². The maximum atomic E-state index is 12.5. The van der Waals surface area contributed by atoms with Crippen LogP contribution in [0.4, 0.5) is 5.13 Å². The van der Waals surface area contributed by atoms with Gasteiger partial charge in [-0.3, -0.25) is 10.1 Å². The number of anilines is 1. The number of hydrogen-bond donors (Lipinski definition) is 2. The molecule has 124 valence electrons. The second kappa shape index (κ2) is 6.41. The molecule has 2 aromatic carbocycles. The lowest BCUT2D eigenvalue weighted by atomic mass is 10.0. The van der Waals surface area contributed by atoms with Crippen molar-refractivity contribution in [2.24, 2.45) is 0 Å². The fourth-order valence-corrected chi connectivity index (χ4v) is 3.35. The molecule has 0 spiro atoms. The first-order chi connectivity index (χ1) is 12.3. The lowest BCUT2D eigenvalue weighted by molar-refractivity contribution is 0.102. The Bertz CT molecular complexity index is 1040. The van der Waals surface area contributed by atoms with Gasteiger partial charge in [0.25, 0.3) is 5.91 Å². The molecule has 0 radical (unpaired) electrons. The van der Waals surface area contributed by atoms with Gasteiger partial charge in [0.15, 0.2) is 5.13 Å². The molecule has 0 bridgehead atoms. The Balaban J connectivity index is 1.77. The molecule has 2 heterocycles. The number of aromatic amines is 1. The Hall–Kier alpha value is -3.12. The van der Waals surface area contributed by atoms with Crippen molar-refractivity contribution < 1.29 is 9.53 Å². The third-order valence-electron chi connectivity index (χ3n) is 3.96.